The summed E-state index contributed by atoms with van der Waals surface area (Å²) in [7, 11) is -3.98. The van der Waals surface area contributed by atoms with E-state index in [0.29, 0.717) is 6.54 Å². The van der Waals surface area contributed by atoms with Gasteiger partial charge in [0.05, 0.1) is 16.5 Å². The minimum atomic E-state index is -3.98. The number of hydrogen-bond donors (Lipinski definition) is 1. The first-order valence-electron chi connectivity index (χ1n) is 8.72. The van der Waals surface area contributed by atoms with Crippen molar-refractivity contribution in [3.05, 3.63) is 59.4 Å². The zero-order chi connectivity index (χ0) is 18.7. The molecule has 1 aliphatic rings. The summed E-state index contributed by atoms with van der Waals surface area (Å²) in [6.07, 6.45) is 7.22. The lowest BCUT2D eigenvalue weighted by Crippen LogP contribution is -2.36. The SMILES string of the molecule is Cc1ccc(S(N)(=O)=O)c(C(=O)N2CCCCCC2c2ccncc2)c1. The molecule has 7 heteroatoms. The molecule has 0 saturated carbocycles. The standard InChI is InChI=1S/C19H23N3O3S/c1-14-6-7-18(26(20,24)25)16(13-14)19(23)22-12-4-2-3-5-17(22)15-8-10-21-11-9-15/h6-11,13,17H,2-5,12H2,1H3,(H2,20,24,25). The van der Waals surface area contributed by atoms with Gasteiger partial charge in [0.1, 0.15) is 0 Å². The first kappa shape index (κ1) is 18.5. The molecule has 1 aromatic carbocycles. The van der Waals surface area contributed by atoms with Crippen molar-refractivity contribution in [1.82, 2.24) is 9.88 Å². The summed E-state index contributed by atoms with van der Waals surface area (Å²) in [6.45, 7) is 2.41. The molecule has 2 N–H and O–H groups in total. The van der Waals surface area contributed by atoms with Gasteiger partial charge < -0.3 is 4.90 Å². The van der Waals surface area contributed by atoms with Crippen LogP contribution in [0.2, 0.25) is 0 Å². The van der Waals surface area contributed by atoms with Crippen LogP contribution in [0.25, 0.3) is 0 Å². The summed E-state index contributed by atoms with van der Waals surface area (Å²) in [4.78, 5) is 19.1. The Hall–Kier alpha value is -2.25. The van der Waals surface area contributed by atoms with Crippen molar-refractivity contribution in [3.8, 4) is 0 Å². The largest absolute Gasteiger partial charge is 0.332 e. The predicted molar refractivity (Wildman–Crippen MR) is 99.0 cm³/mol. The highest BCUT2D eigenvalue weighted by Gasteiger charge is 2.30. The molecule has 1 fully saturated rings. The van der Waals surface area contributed by atoms with E-state index in [-0.39, 0.29) is 22.4 Å². The van der Waals surface area contributed by atoms with E-state index >= 15 is 0 Å². The van der Waals surface area contributed by atoms with Crippen molar-refractivity contribution >= 4 is 15.9 Å². The lowest BCUT2D eigenvalue weighted by Gasteiger charge is -2.31. The van der Waals surface area contributed by atoms with Crippen molar-refractivity contribution in [2.24, 2.45) is 5.14 Å². The van der Waals surface area contributed by atoms with Gasteiger partial charge >= 0.3 is 0 Å². The highest BCUT2D eigenvalue weighted by Crippen LogP contribution is 2.32. The van der Waals surface area contributed by atoms with Crippen LogP contribution in [-0.2, 0) is 10.0 Å². The third-order valence-corrected chi connectivity index (χ3v) is 5.75. The first-order chi connectivity index (χ1) is 12.4. The van der Waals surface area contributed by atoms with E-state index in [1.165, 1.54) is 6.07 Å². The van der Waals surface area contributed by atoms with Crippen LogP contribution in [0.4, 0.5) is 0 Å². The van der Waals surface area contributed by atoms with Gasteiger partial charge in [-0.2, -0.15) is 0 Å². The molecule has 1 aliphatic heterocycles. The third-order valence-electron chi connectivity index (χ3n) is 4.78. The molecule has 6 nitrogen and oxygen atoms in total. The number of nitrogens with two attached hydrogens (primary N) is 1. The second-order valence-corrected chi connectivity index (χ2v) is 8.22. The Labute approximate surface area is 154 Å². The van der Waals surface area contributed by atoms with E-state index in [0.717, 1.165) is 36.8 Å². The normalized spacial score (nSPS) is 18.4. The van der Waals surface area contributed by atoms with Crippen LogP contribution < -0.4 is 5.14 Å². The molecule has 1 saturated heterocycles. The van der Waals surface area contributed by atoms with E-state index in [1.54, 1.807) is 29.4 Å². The number of carbonyl (C=O) groups excluding carboxylic acids is 1. The average molecular weight is 373 g/mol. The van der Waals surface area contributed by atoms with E-state index < -0.39 is 10.0 Å². The number of benzene rings is 1. The number of carbonyl (C=O) groups is 1. The summed E-state index contributed by atoms with van der Waals surface area (Å²) in [5.74, 6) is -0.290. The zero-order valence-corrected chi connectivity index (χ0v) is 15.6. The number of pyridine rings is 1. The molecule has 3 rings (SSSR count). The Morgan fingerprint density at radius 1 is 1.15 bits per heavy atom. The number of nitrogens with zero attached hydrogens (tertiary/aromatic N) is 2. The number of sulfonamides is 1. The second-order valence-electron chi connectivity index (χ2n) is 6.69. The van der Waals surface area contributed by atoms with Crippen molar-refractivity contribution in [1.29, 1.82) is 0 Å². The van der Waals surface area contributed by atoms with Gasteiger partial charge in [-0.05, 0) is 49.6 Å². The fourth-order valence-electron chi connectivity index (χ4n) is 3.50. The van der Waals surface area contributed by atoms with Gasteiger partial charge in [-0.15, -0.1) is 0 Å². The van der Waals surface area contributed by atoms with Crippen LogP contribution in [-0.4, -0.2) is 30.8 Å². The van der Waals surface area contributed by atoms with Crippen molar-refractivity contribution in [2.45, 2.75) is 43.5 Å². The molecule has 2 aromatic rings. The van der Waals surface area contributed by atoms with Crippen molar-refractivity contribution in [3.63, 3.8) is 0 Å². The van der Waals surface area contributed by atoms with Crippen molar-refractivity contribution < 1.29 is 13.2 Å². The molecule has 1 amide bonds. The highest BCUT2D eigenvalue weighted by atomic mass is 32.2. The summed E-state index contributed by atoms with van der Waals surface area (Å²) in [6, 6.07) is 8.40. The fourth-order valence-corrected chi connectivity index (χ4v) is 4.21. The fraction of sp³-hybridized carbons (Fsp3) is 0.368. The van der Waals surface area contributed by atoms with Crippen LogP contribution in [0.15, 0.2) is 47.6 Å². The molecule has 0 spiro atoms. The van der Waals surface area contributed by atoms with Crippen LogP contribution in [0.3, 0.4) is 0 Å². The van der Waals surface area contributed by atoms with Gasteiger partial charge in [0.15, 0.2) is 0 Å². The van der Waals surface area contributed by atoms with E-state index in [2.05, 4.69) is 4.98 Å². The van der Waals surface area contributed by atoms with Crippen LogP contribution in [0, 0.1) is 6.92 Å². The molecular formula is C19H23N3O3S. The monoisotopic (exact) mass is 373 g/mol. The van der Waals surface area contributed by atoms with Gasteiger partial charge in [0, 0.05) is 18.9 Å². The van der Waals surface area contributed by atoms with Gasteiger partial charge in [-0.1, -0.05) is 24.5 Å². The Morgan fingerprint density at radius 2 is 1.88 bits per heavy atom. The molecule has 1 aromatic heterocycles. The Kier molecular flexibility index (Phi) is 5.38. The second kappa shape index (κ2) is 7.55. The summed E-state index contributed by atoms with van der Waals surface area (Å²) in [5, 5.41) is 5.34. The Morgan fingerprint density at radius 3 is 2.58 bits per heavy atom. The topological polar surface area (TPSA) is 93.4 Å². The number of hydrogen-bond acceptors (Lipinski definition) is 4. The number of rotatable bonds is 3. The average Bonchev–Trinajstić information content (AvgIpc) is 2.86. The molecule has 0 aliphatic carbocycles. The minimum absolute atomic E-state index is 0.0955. The van der Waals surface area contributed by atoms with E-state index in [1.807, 2.05) is 19.1 Å². The molecule has 1 atom stereocenters. The number of amides is 1. The Balaban J connectivity index is 2.06. The van der Waals surface area contributed by atoms with Gasteiger partial charge in [-0.3, -0.25) is 9.78 Å². The minimum Gasteiger partial charge on any atom is -0.332 e. The lowest BCUT2D eigenvalue weighted by molar-refractivity contribution is 0.0676. The maximum absolute atomic E-state index is 13.3. The maximum atomic E-state index is 13.3. The number of likely N-dealkylation sites (tertiary alicyclic amines) is 1. The quantitative estimate of drug-likeness (QED) is 0.895. The summed E-state index contributed by atoms with van der Waals surface area (Å²) < 4.78 is 23.9. The summed E-state index contributed by atoms with van der Waals surface area (Å²) in [5.41, 5.74) is 1.98. The third kappa shape index (κ3) is 3.94. The predicted octanol–water partition coefficient (Wildman–Crippen LogP) is 2.79. The maximum Gasteiger partial charge on any atom is 0.255 e. The summed E-state index contributed by atoms with van der Waals surface area (Å²) >= 11 is 0. The van der Waals surface area contributed by atoms with Crippen molar-refractivity contribution in [2.75, 3.05) is 6.54 Å². The molecule has 138 valence electrons. The highest BCUT2D eigenvalue weighted by molar-refractivity contribution is 7.89. The van der Waals surface area contributed by atoms with E-state index in [4.69, 9.17) is 5.14 Å². The molecule has 0 radical (unpaired) electrons. The van der Waals surface area contributed by atoms with Gasteiger partial charge in [-0.25, -0.2) is 13.6 Å². The molecule has 0 bridgehead atoms. The lowest BCUT2D eigenvalue weighted by atomic mass is 10.0. The van der Waals surface area contributed by atoms with Crippen LogP contribution >= 0.6 is 0 Å². The molecule has 1 unspecified atom stereocenters. The molecular weight excluding hydrogens is 350 g/mol. The number of aryl methyl sites for hydroxylation is 1. The van der Waals surface area contributed by atoms with Gasteiger partial charge in [0.25, 0.3) is 5.91 Å². The van der Waals surface area contributed by atoms with Crippen LogP contribution in [0.1, 0.15) is 53.2 Å². The Bertz CT molecular complexity index is 898. The van der Waals surface area contributed by atoms with Crippen LogP contribution in [0.5, 0.6) is 0 Å². The number of aromatic nitrogens is 1. The molecule has 26 heavy (non-hydrogen) atoms. The van der Waals surface area contributed by atoms with Gasteiger partial charge in [0.2, 0.25) is 10.0 Å². The smallest absolute Gasteiger partial charge is 0.255 e. The molecule has 2 heterocycles. The van der Waals surface area contributed by atoms with E-state index in [9.17, 15) is 13.2 Å². The first-order valence-corrected chi connectivity index (χ1v) is 10.3. The zero-order valence-electron chi connectivity index (χ0n) is 14.8. The number of primary sulfonamides is 1.